The Morgan fingerprint density at radius 2 is 1.84 bits per heavy atom. The normalized spacial score (nSPS) is 30.8. The SMILES string of the molecule is Cn1ncc(Cl)c1C(=O)N1C[C@H]2C[C@@H](C1)[C@H](CC1CCCCC1)N1CCCC[C@@H]21.O=CO. The van der Waals surface area contributed by atoms with Gasteiger partial charge in [-0.1, -0.05) is 50.1 Å². The number of likely N-dealkylation sites (tertiary alicyclic amines) is 1. The van der Waals surface area contributed by atoms with Crippen LogP contribution in [0.25, 0.3) is 0 Å². The van der Waals surface area contributed by atoms with Gasteiger partial charge >= 0.3 is 0 Å². The first-order chi connectivity index (χ1) is 15.5. The largest absolute Gasteiger partial charge is 0.483 e. The van der Waals surface area contributed by atoms with Crippen molar-refractivity contribution in [2.75, 3.05) is 19.6 Å². The van der Waals surface area contributed by atoms with Crippen LogP contribution >= 0.6 is 11.6 Å². The van der Waals surface area contributed by atoms with Gasteiger partial charge in [0.05, 0.1) is 11.2 Å². The van der Waals surface area contributed by atoms with Gasteiger partial charge in [-0.3, -0.25) is 19.2 Å². The number of halogens is 1. The van der Waals surface area contributed by atoms with Crippen LogP contribution in [0.1, 0.15) is 74.7 Å². The van der Waals surface area contributed by atoms with E-state index in [1.807, 2.05) is 7.05 Å². The molecule has 0 radical (unpaired) electrons. The predicted octanol–water partition coefficient (Wildman–Crippen LogP) is 4.06. The molecule has 4 aliphatic rings. The molecular formula is C24H37ClN4O3. The summed E-state index contributed by atoms with van der Waals surface area (Å²) < 4.78 is 1.64. The molecule has 1 amide bonds. The molecule has 8 heteroatoms. The maximum absolute atomic E-state index is 13.4. The van der Waals surface area contributed by atoms with Crippen LogP contribution < -0.4 is 0 Å². The third-order valence-electron chi connectivity index (χ3n) is 8.31. The highest BCUT2D eigenvalue weighted by atomic mass is 35.5. The second-order valence-corrected chi connectivity index (χ2v) is 10.6. The molecular weight excluding hydrogens is 428 g/mol. The number of carbonyl (C=O) groups is 2. The number of rotatable bonds is 3. The Balaban J connectivity index is 0.000000775. The van der Waals surface area contributed by atoms with Crippen LogP contribution in [0.15, 0.2) is 6.20 Å². The number of nitrogens with zero attached hydrogens (tertiary/aromatic N) is 4. The van der Waals surface area contributed by atoms with Crippen molar-refractivity contribution in [3.8, 4) is 0 Å². The fourth-order valence-electron chi connectivity index (χ4n) is 6.96. The summed E-state index contributed by atoms with van der Waals surface area (Å²) in [6.45, 7) is 2.79. The van der Waals surface area contributed by atoms with E-state index >= 15 is 0 Å². The van der Waals surface area contributed by atoms with Crippen LogP contribution in [-0.4, -0.2) is 68.8 Å². The van der Waals surface area contributed by atoms with E-state index in [2.05, 4.69) is 14.9 Å². The first-order valence-electron chi connectivity index (χ1n) is 12.3. The molecule has 4 atom stereocenters. The molecule has 3 aliphatic heterocycles. The summed E-state index contributed by atoms with van der Waals surface area (Å²) in [5, 5.41) is 11.6. The maximum Gasteiger partial charge on any atom is 0.290 e. The second-order valence-electron chi connectivity index (χ2n) is 10.1. The van der Waals surface area contributed by atoms with E-state index in [1.54, 1.807) is 10.9 Å². The molecule has 1 N–H and O–H groups in total. The van der Waals surface area contributed by atoms with Gasteiger partial charge in [0.1, 0.15) is 5.69 Å². The number of hydrogen-bond donors (Lipinski definition) is 1. The van der Waals surface area contributed by atoms with Gasteiger partial charge in [-0.15, -0.1) is 0 Å². The molecule has 178 valence electrons. The molecule has 0 spiro atoms. The van der Waals surface area contributed by atoms with Crippen LogP contribution in [0.5, 0.6) is 0 Å². The fourth-order valence-corrected chi connectivity index (χ4v) is 7.21. The molecule has 1 aromatic heterocycles. The number of carboxylic acid groups (broad SMARTS) is 1. The first kappa shape index (κ1) is 23.6. The summed E-state index contributed by atoms with van der Waals surface area (Å²) in [5.41, 5.74) is 0.552. The van der Waals surface area contributed by atoms with Crippen LogP contribution in [0.3, 0.4) is 0 Å². The van der Waals surface area contributed by atoms with Crippen molar-refractivity contribution < 1.29 is 14.7 Å². The monoisotopic (exact) mass is 464 g/mol. The van der Waals surface area contributed by atoms with Crippen molar-refractivity contribution in [3.05, 3.63) is 16.9 Å². The lowest BCUT2D eigenvalue weighted by Crippen LogP contribution is -2.64. The Morgan fingerprint density at radius 1 is 1.16 bits per heavy atom. The Bertz CT molecular complexity index is 775. The number of piperidine rings is 3. The van der Waals surface area contributed by atoms with Gasteiger partial charge in [0.25, 0.3) is 12.4 Å². The molecule has 1 aromatic rings. The molecule has 1 aliphatic carbocycles. The zero-order chi connectivity index (χ0) is 22.7. The van der Waals surface area contributed by atoms with Gasteiger partial charge in [-0.05, 0) is 50.0 Å². The van der Waals surface area contributed by atoms with E-state index in [1.165, 1.54) is 70.8 Å². The average Bonchev–Trinajstić information content (AvgIpc) is 3.15. The van der Waals surface area contributed by atoms with E-state index in [0.717, 1.165) is 19.0 Å². The Labute approximate surface area is 196 Å². The van der Waals surface area contributed by atoms with Crippen molar-refractivity contribution in [1.82, 2.24) is 19.6 Å². The van der Waals surface area contributed by atoms with Crippen molar-refractivity contribution in [2.24, 2.45) is 24.8 Å². The van der Waals surface area contributed by atoms with Crippen LogP contribution in [0.2, 0.25) is 5.02 Å². The van der Waals surface area contributed by atoms with Crippen LogP contribution in [0, 0.1) is 17.8 Å². The zero-order valence-corrected chi connectivity index (χ0v) is 19.9. The number of hydrogen-bond acceptors (Lipinski definition) is 4. The Hall–Kier alpha value is -1.60. The molecule has 2 bridgehead atoms. The highest BCUT2D eigenvalue weighted by molar-refractivity contribution is 6.33. The summed E-state index contributed by atoms with van der Waals surface area (Å²) in [5.74, 6) is 2.20. The van der Waals surface area contributed by atoms with Crippen molar-refractivity contribution >= 4 is 24.0 Å². The summed E-state index contributed by atoms with van der Waals surface area (Å²) in [6.07, 6.45) is 15.3. The third-order valence-corrected chi connectivity index (χ3v) is 8.58. The molecule has 1 saturated carbocycles. The van der Waals surface area contributed by atoms with Gasteiger partial charge in [0, 0.05) is 32.2 Å². The summed E-state index contributed by atoms with van der Waals surface area (Å²) >= 11 is 6.31. The number of carbonyl (C=O) groups excluding carboxylic acids is 1. The van der Waals surface area contributed by atoms with Gasteiger partial charge in [0.2, 0.25) is 0 Å². The zero-order valence-electron chi connectivity index (χ0n) is 19.2. The van der Waals surface area contributed by atoms with Crippen molar-refractivity contribution in [3.63, 3.8) is 0 Å². The summed E-state index contributed by atoms with van der Waals surface area (Å²) in [4.78, 5) is 26.7. The average molecular weight is 465 g/mol. The maximum atomic E-state index is 13.4. The summed E-state index contributed by atoms with van der Waals surface area (Å²) in [7, 11) is 1.82. The molecule has 0 unspecified atom stereocenters. The van der Waals surface area contributed by atoms with Gasteiger partial charge < -0.3 is 10.0 Å². The molecule has 3 saturated heterocycles. The number of fused-ring (bicyclic) bond motifs is 4. The first-order valence-corrected chi connectivity index (χ1v) is 12.7. The molecule has 32 heavy (non-hydrogen) atoms. The minimum Gasteiger partial charge on any atom is -0.483 e. The lowest BCUT2D eigenvalue weighted by Gasteiger charge is -2.57. The minimum absolute atomic E-state index is 0.0744. The smallest absolute Gasteiger partial charge is 0.290 e. The predicted molar refractivity (Wildman–Crippen MR) is 124 cm³/mol. The molecule has 4 heterocycles. The highest BCUT2D eigenvalue weighted by Gasteiger charge is 2.48. The lowest BCUT2D eigenvalue weighted by molar-refractivity contribution is -0.122. The molecule has 5 rings (SSSR count). The molecule has 7 nitrogen and oxygen atoms in total. The second kappa shape index (κ2) is 10.6. The Kier molecular flexibility index (Phi) is 7.77. The fraction of sp³-hybridized carbons (Fsp3) is 0.792. The number of amides is 1. The standard InChI is InChI=1S/C23H35ClN4O.CH2O2/c1-26-22(19(24)13-25-26)23(29)27-14-17-12-18(15-27)21(11-16-7-3-2-4-8-16)28-10-6-5-9-20(17)28;2-1-3/h13,16-18,20-21H,2-12,14-15H2,1H3;1H,(H,2,3)/t17-,18+,20+,21+;/m1./s1. The van der Waals surface area contributed by atoms with Gasteiger partial charge in [-0.25, -0.2) is 0 Å². The van der Waals surface area contributed by atoms with E-state index in [4.69, 9.17) is 21.5 Å². The Morgan fingerprint density at radius 3 is 2.53 bits per heavy atom. The van der Waals surface area contributed by atoms with Crippen molar-refractivity contribution in [2.45, 2.75) is 76.3 Å². The van der Waals surface area contributed by atoms with Crippen molar-refractivity contribution in [1.29, 1.82) is 0 Å². The van der Waals surface area contributed by atoms with E-state index in [-0.39, 0.29) is 12.4 Å². The van der Waals surface area contributed by atoms with Crippen LogP contribution in [-0.2, 0) is 11.8 Å². The van der Waals surface area contributed by atoms with Gasteiger partial charge in [0.15, 0.2) is 0 Å². The highest BCUT2D eigenvalue weighted by Crippen LogP contribution is 2.44. The summed E-state index contributed by atoms with van der Waals surface area (Å²) in [6, 6.07) is 1.34. The third kappa shape index (κ3) is 4.84. The van der Waals surface area contributed by atoms with E-state index in [9.17, 15) is 4.79 Å². The van der Waals surface area contributed by atoms with E-state index in [0.29, 0.717) is 34.6 Å². The molecule has 4 fully saturated rings. The number of aromatic nitrogens is 2. The lowest BCUT2D eigenvalue weighted by atomic mass is 9.69. The number of aryl methyl sites for hydroxylation is 1. The minimum atomic E-state index is -0.250. The van der Waals surface area contributed by atoms with Crippen LogP contribution in [0.4, 0.5) is 0 Å². The quantitative estimate of drug-likeness (QED) is 0.682. The topological polar surface area (TPSA) is 78.7 Å². The van der Waals surface area contributed by atoms with Gasteiger partial charge in [-0.2, -0.15) is 5.10 Å². The van der Waals surface area contributed by atoms with E-state index < -0.39 is 0 Å². The molecule has 0 aromatic carbocycles.